The lowest BCUT2D eigenvalue weighted by Crippen LogP contribution is -2.34. The number of aliphatic hydroxyl groups is 1. The van der Waals surface area contributed by atoms with Crippen molar-refractivity contribution in [3.63, 3.8) is 0 Å². The zero-order chi connectivity index (χ0) is 12.7. The predicted molar refractivity (Wildman–Crippen MR) is 61.9 cm³/mol. The first-order valence-corrected chi connectivity index (χ1v) is 6.41. The van der Waals surface area contributed by atoms with Gasteiger partial charge in [-0.1, -0.05) is 25.1 Å². The Morgan fingerprint density at radius 3 is 2.53 bits per heavy atom. The van der Waals surface area contributed by atoms with Gasteiger partial charge in [0.1, 0.15) is 5.60 Å². The normalized spacial score (nSPS) is 29.6. The molecule has 17 heavy (non-hydrogen) atoms. The number of benzene rings is 1. The van der Waals surface area contributed by atoms with Gasteiger partial charge in [-0.3, -0.25) is 0 Å². The van der Waals surface area contributed by atoms with Crippen molar-refractivity contribution in [2.75, 3.05) is 5.75 Å². The lowest BCUT2D eigenvalue weighted by atomic mass is 9.85. The number of rotatable bonds is 1. The Morgan fingerprint density at radius 2 is 2.00 bits per heavy atom. The molecule has 2 unspecified atom stereocenters. The molecule has 94 valence electrons. The van der Waals surface area contributed by atoms with Gasteiger partial charge in [0, 0.05) is 5.25 Å². The van der Waals surface area contributed by atoms with E-state index in [1.807, 2.05) is 0 Å². The second kappa shape index (κ2) is 4.21. The van der Waals surface area contributed by atoms with Gasteiger partial charge in [0.05, 0.1) is 5.56 Å². The van der Waals surface area contributed by atoms with Crippen molar-refractivity contribution in [1.29, 1.82) is 0 Å². The minimum absolute atomic E-state index is 0.00463. The van der Waals surface area contributed by atoms with E-state index in [2.05, 4.69) is 0 Å². The number of thioether (sulfide) groups is 1. The topological polar surface area (TPSA) is 20.2 Å². The molecule has 0 bridgehead atoms. The van der Waals surface area contributed by atoms with Crippen molar-refractivity contribution < 1.29 is 18.3 Å². The Labute approximate surface area is 102 Å². The van der Waals surface area contributed by atoms with E-state index >= 15 is 0 Å². The van der Waals surface area contributed by atoms with Crippen molar-refractivity contribution in [2.45, 2.75) is 30.4 Å². The first-order chi connectivity index (χ1) is 7.86. The molecule has 0 aromatic heterocycles. The molecule has 1 N–H and O–H groups in total. The molecule has 1 aromatic rings. The largest absolute Gasteiger partial charge is 0.416 e. The minimum Gasteiger partial charge on any atom is -0.384 e. The van der Waals surface area contributed by atoms with Crippen LogP contribution in [-0.2, 0) is 11.8 Å². The van der Waals surface area contributed by atoms with Crippen LogP contribution in [0.5, 0.6) is 0 Å². The molecule has 0 radical (unpaired) electrons. The molecule has 1 aromatic carbocycles. The van der Waals surface area contributed by atoms with Crippen LogP contribution in [-0.4, -0.2) is 16.1 Å². The SMILES string of the molecule is CC1SCCC1(O)c1ccccc1C(F)(F)F. The lowest BCUT2D eigenvalue weighted by molar-refractivity contribution is -0.140. The fourth-order valence-electron chi connectivity index (χ4n) is 2.19. The average Bonchev–Trinajstić information content (AvgIpc) is 2.59. The standard InChI is InChI=1S/C12H13F3OS/c1-8-11(16,6-7-17-8)9-4-2-3-5-10(9)12(13,14)15/h2-5,8,16H,6-7H2,1H3. The number of hydrogen-bond acceptors (Lipinski definition) is 2. The van der Waals surface area contributed by atoms with E-state index in [1.54, 1.807) is 6.92 Å². The molecule has 1 saturated heterocycles. The molecular formula is C12H13F3OS. The average molecular weight is 262 g/mol. The van der Waals surface area contributed by atoms with E-state index in [4.69, 9.17) is 0 Å². The summed E-state index contributed by atoms with van der Waals surface area (Å²) in [5.41, 5.74) is -2.08. The van der Waals surface area contributed by atoms with E-state index in [0.717, 1.165) is 6.07 Å². The summed E-state index contributed by atoms with van der Waals surface area (Å²) in [6.45, 7) is 1.77. The van der Waals surface area contributed by atoms with Crippen molar-refractivity contribution in [3.05, 3.63) is 35.4 Å². The maximum Gasteiger partial charge on any atom is 0.416 e. The van der Waals surface area contributed by atoms with Gasteiger partial charge in [0.2, 0.25) is 0 Å². The second-order valence-corrected chi connectivity index (χ2v) is 5.68. The lowest BCUT2D eigenvalue weighted by Gasteiger charge is -2.30. The van der Waals surface area contributed by atoms with Crippen molar-refractivity contribution in [2.24, 2.45) is 0 Å². The smallest absolute Gasteiger partial charge is 0.384 e. The van der Waals surface area contributed by atoms with E-state index in [0.29, 0.717) is 12.2 Å². The van der Waals surface area contributed by atoms with Crippen LogP contribution in [0.25, 0.3) is 0 Å². The van der Waals surface area contributed by atoms with E-state index < -0.39 is 17.3 Å². The van der Waals surface area contributed by atoms with E-state index in [1.165, 1.54) is 30.0 Å². The molecule has 0 saturated carbocycles. The predicted octanol–water partition coefficient (Wildman–Crippen LogP) is 3.42. The zero-order valence-corrected chi connectivity index (χ0v) is 10.1. The maximum atomic E-state index is 12.9. The monoisotopic (exact) mass is 262 g/mol. The van der Waals surface area contributed by atoms with Gasteiger partial charge in [-0.05, 0) is 23.8 Å². The first-order valence-electron chi connectivity index (χ1n) is 5.36. The Kier molecular flexibility index (Phi) is 3.16. The number of halogens is 3. The number of hydrogen-bond donors (Lipinski definition) is 1. The van der Waals surface area contributed by atoms with Crippen LogP contribution in [0.1, 0.15) is 24.5 Å². The highest BCUT2D eigenvalue weighted by Gasteiger charge is 2.46. The van der Waals surface area contributed by atoms with Gasteiger partial charge < -0.3 is 5.11 Å². The van der Waals surface area contributed by atoms with Gasteiger partial charge in [0.15, 0.2) is 0 Å². The quantitative estimate of drug-likeness (QED) is 0.837. The molecule has 0 aliphatic carbocycles. The summed E-state index contributed by atoms with van der Waals surface area (Å²) >= 11 is 1.50. The molecular weight excluding hydrogens is 249 g/mol. The van der Waals surface area contributed by atoms with Gasteiger partial charge in [-0.15, -0.1) is 0 Å². The third-order valence-electron chi connectivity index (χ3n) is 3.22. The van der Waals surface area contributed by atoms with E-state index in [-0.39, 0.29) is 10.8 Å². The van der Waals surface area contributed by atoms with Crippen molar-refractivity contribution in [3.8, 4) is 0 Å². The summed E-state index contributed by atoms with van der Waals surface area (Å²) in [5, 5.41) is 10.2. The maximum absolute atomic E-state index is 12.9. The van der Waals surface area contributed by atoms with Crippen LogP contribution in [0.3, 0.4) is 0 Å². The third kappa shape index (κ3) is 2.18. The van der Waals surface area contributed by atoms with Crippen LogP contribution in [0, 0.1) is 0 Å². The summed E-state index contributed by atoms with van der Waals surface area (Å²) in [4.78, 5) is 0. The zero-order valence-electron chi connectivity index (χ0n) is 9.29. The summed E-state index contributed by atoms with van der Waals surface area (Å²) in [6.07, 6.45) is -4.05. The van der Waals surface area contributed by atoms with E-state index in [9.17, 15) is 18.3 Å². The van der Waals surface area contributed by atoms with Crippen LogP contribution in [0.4, 0.5) is 13.2 Å². The molecule has 2 atom stereocenters. The van der Waals surface area contributed by atoms with Crippen molar-refractivity contribution >= 4 is 11.8 Å². The Bertz CT molecular complexity index is 418. The van der Waals surface area contributed by atoms with Gasteiger partial charge in [0.25, 0.3) is 0 Å². The molecule has 0 spiro atoms. The molecule has 1 aliphatic heterocycles. The summed E-state index contributed by atoms with van der Waals surface area (Å²) in [7, 11) is 0. The van der Waals surface area contributed by atoms with Crippen LogP contribution >= 0.6 is 11.8 Å². The molecule has 1 heterocycles. The number of alkyl halides is 3. The van der Waals surface area contributed by atoms with Crippen LogP contribution in [0.15, 0.2) is 24.3 Å². The molecule has 1 aliphatic rings. The van der Waals surface area contributed by atoms with Gasteiger partial charge in [-0.25, -0.2) is 0 Å². The molecule has 2 rings (SSSR count). The highest BCUT2D eigenvalue weighted by molar-refractivity contribution is 8.00. The van der Waals surface area contributed by atoms with Crippen LogP contribution < -0.4 is 0 Å². The fraction of sp³-hybridized carbons (Fsp3) is 0.500. The summed E-state index contributed by atoms with van der Waals surface area (Å²) < 4.78 is 38.6. The Hall–Kier alpha value is -0.680. The van der Waals surface area contributed by atoms with Crippen LogP contribution in [0.2, 0.25) is 0 Å². The Morgan fingerprint density at radius 1 is 1.35 bits per heavy atom. The molecule has 5 heteroatoms. The third-order valence-corrected chi connectivity index (χ3v) is 4.55. The summed E-state index contributed by atoms with van der Waals surface area (Å²) in [5.74, 6) is 0.684. The molecule has 1 fully saturated rings. The molecule has 0 amide bonds. The summed E-state index contributed by atoms with van der Waals surface area (Å²) in [6, 6.07) is 5.30. The Balaban J connectivity index is 2.52. The highest BCUT2D eigenvalue weighted by Crippen LogP contribution is 2.46. The van der Waals surface area contributed by atoms with Crippen molar-refractivity contribution in [1.82, 2.24) is 0 Å². The highest BCUT2D eigenvalue weighted by atomic mass is 32.2. The first kappa shape index (κ1) is 12.8. The molecule has 1 nitrogen and oxygen atoms in total. The van der Waals surface area contributed by atoms with Gasteiger partial charge >= 0.3 is 6.18 Å². The van der Waals surface area contributed by atoms with Gasteiger partial charge in [-0.2, -0.15) is 24.9 Å². The second-order valence-electron chi connectivity index (χ2n) is 4.23. The fourth-order valence-corrected chi connectivity index (χ4v) is 3.50. The minimum atomic E-state index is -4.42.